The Balaban J connectivity index is 2.27. The molecule has 3 rings (SSSR count). The van der Waals surface area contributed by atoms with Gasteiger partial charge in [-0.1, -0.05) is 0 Å². The lowest BCUT2D eigenvalue weighted by molar-refractivity contribution is -0.0271. The molecule has 23 heavy (non-hydrogen) atoms. The van der Waals surface area contributed by atoms with Gasteiger partial charge in [-0.3, -0.25) is 14.4 Å². The van der Waals surface area contributed by atoms with Crippen molar-refractivity contribution < 1.29 is 23.5 Å². The first kappa shape index (κ1) is 15.4. The van der Waals surface area contributed by atoms with Gasteiger partial charge >= 0.3 is 0 Å². The van der Waals surface area contributed by atoms with Gasteiger partial charge in [0.2, 0.25) is 5.43 Å². The molecule has 0 radical (unpaired) electrons. The number of halogens is 2. The number of nitrogens with two attached hydrogens (primary N) is 1. The Morgan fingerprint density at radius 2 is 2.04 bits per heavy atom. The largest absolute Gasteiger partial charge is 0.503 e. The fraction of sp³-hybridized carbons (Fsp3) is 0.500. The van der Waals surface area contributed by atoms with Crippen molar-refractivity contribution in [3.63, 3.8) is 0 Å². The van der Waals surface area contributed by atoms with Crippen LogP contribution in [0.25, 0.3) is 0 Å². The summed E-state index contributed by atoms with van der Waals surface area (Å²) in [7, 11) is 0. The number of carbonyl (C=O) groups is 2. The summed E-state index contributed by atoms with van der Waals surface area (Å²) in [4.78, 5) is 37.0. The molecule has 7 nitrogen and oxygen atoms in total. The lowest BCUT2D eigenvalue weighted by Crippen LogP contribution is -2.47. The third-order valence-electron chi connectivity index (χ3n) is 4.40. The highest BCUT2D eigenvalue weighted by atomic mass is 19.3. The second kappa shape index (κ2) is 4.77. The number of rotatable bonds is 1. The van der Waals surface area contributed by atoms with E-state index in [9.17, 15) is 28.3 Å². The molecule has 124 valence electrons. The zero-order valence-electron chi connectivity index (χ0n) is 12.3. The summed E-state index contributed by atoms with van der Waals surface area (Å²) >= 11 is 0. The van der Waals surface area contributed by atoms with Crippen LogP contribution in [0.2, 0.25) is 0 Å². The first-order valence-electron chi connectivity index (χ1n) is 7.09. The first-order chi connectivity index (χ1) is 10.6. The Hall–Kier alpha value is -2.45. The monoisotopic (exact) mass is 327 g/mol. The molecule has 0 unspecified atom stereocenters. The lowest BCUT2D eigenvalue weighted by Gasteiger charge is -2.36. The second-order valence-corrected chi connectivity index (χ2v) is 6.07. The van der Waals surface area contributed by atoms with Crippen molar-refractivity contribution in [1.82, 2.24) is 9.47 Å². The van der Waals surface area contributed by atoms with E-state index in [4.69, 9.17) is 5.73 Å². The molecule has 1 saturated heterocycles. The number of primary amides is 1. The van der Waals surface area contributed by atoms with Crippen molar-refractivity contribution in [1.29, 1.82) is 0 Å². The summed E-state index contributed by atoms with van der Waals surface area (Å²) in [5.41, 5.74) is 3.10. The molecule has 0 aliphatic carbocycles. The van der Waals surface area contributed by atoms with Gasteiger partial charge in [0.25, 0.3) is 17.7 Å². The van der Waals surface area contributed by atoms with Crippen LogP contribution in [0.15, 0.2) is 11.0 Å². The van der Waals surface area contributed by atoms with Crippen LogP contribution in [-0.4, -0.2) is 44.9 Å². The normalized spacial score (nSPS) is 25.7. The third kappa shape index (κ3) is 2.27. The molecular formula is C14H15F2N3O4. The Morgan fingerprint density at radius 3 is 2.65 bits per heavy atom. The van der Waals surface area contributed by atoms with Crippen LogP contribution in [0.1, 0.15) is 46.7 Å². The van der Waals surface area contributed by atoms with Crippen LogP contribution in [0.4, 0.5) is 8.78 Å². The summed E-state index contributed by atoms with van der Waals surface area (Å²) in [6.45, 7) is 1.51. The summed E-state index contributed by atoms with van der Waals surface area (Å²) < 4.78 is 29.2. The fourth-order valence-electron chi connectivity index (χ4n) is 3.34. The number of aromatic nitrogens is 1. The van der Waals surface area contributed by atoms with Crippen LogP contribution < -0.4 is 11.2 Å². The maximum Gasteiger partial charge on any atom is 0.274 e. The van der Waals surface area contributed by atoms with Crippen molar-refractivity contribution in [3.8, 4) is 5.75 Å². The Labute approximate surface area is 129 Å². The van der Waals surface area contributed by atoms with Crippen molar-refractivity contribution in [2.75, 3.05) is 6.54 Å². The highest BCUT2D eigenvalue weighted by Gasteiger charge is 2.47. The van der Waals surface area contributed by atoms with Gasteiger partial charge in [-0.25, -0.2) is 8.78 Å². The Kier molecular flexibility index (Phi) is 3.20. The van der Waals surface area contributed by atoms with Crippen molar-refractivity contribution >= 4 is 11.8 Å². The number of carbonyl (C=O) groups excluding carboxylic acids is 2. The predicted octanol–water partition coefficient (Wildman–Crippen LogP) is 0.467. The molecule has 0 saturated carbocycles. The number of hydrogen-bond donors (Lipinski definition) is 2. The predicted molar refractivity (Wildman–Crippen MR) is 74.6 cm³/mol. The molecule has 1 aromatic heterocycles. The number of pyridine rings is 1. The number of alkyl halides is 2. The summed E-state index contributed by atoms with van der Waals surface area (Å²) in [5.74, 6) is -5.74. The number of fused-ring (bicyclic) bond motifs is 4. The summed E-state index contributed by atoms with van der Waals surface area (Å²) in [6, 6.07) is -1.59. The molecule has 2 aliphatic heterocycles. The van der Waals surface area contributed by atoms with Crippen molar-refractivity contribution in [3.05, 3.63) is 27.7 Å². The highest BCUT2D eigenvalue weighted by molar-refractivity contribution is 5.98. The Bertz CT molecular complexity index is 774. The van der Waals surface area contributed by atoms with Gasteiger partial charge < -0.3 is 20.3 Å². The standard InChI is InChI=1S/C14H15F2N3O4/c1-6-2-14(15,16)3-7-4-18(6)13(23)9-11(21)10(20)8(12(17)22)5-19(7)9/h5-7,21H,2-4H2,1H3,(H2,17,22)/t6-,7-/m0/s1. The van der Waals surface area contributed by atoms with Crippen LogP contribution in [0.3, 0.4) is 0 Å². The van der Waals surface area contributed by atoms with E-state index in [1.54, 1.807) is 0 Å². The quantitative estimate of drug-likeness (QED) is 0.782. The molecular weight excluding hydrogens is 312 g/mol. The van der Waals surface area contributed by atoms with Gasteiger partial charge in [0, 0.05) is 31.6 Å². The number of aromatic hydroxyl groups is 1. The molecule has 2 atom stereocenters. The molecule has 3 N–H and O–H groups in total. The number of amides is 2. The highest BCUT2D eigenvalue weighted by Crippen LogP contribution is 2.40. The topological polar surface area (TPSA) is 106 Å². The molecule has 1 fully saturated rings. The Morgan fingerprint density at radius 1 is 1.39 bits per heavy atom. The molecule has 3 heterocycles. The van der Waals surface area contributed by atoms with Crippen LogP contribution >= 0.6 is 0 Å². The molecule has 0 spiro atoms. The van der Waals surface area contributed by atoms with E-state index in [0.29, 0.717) is 0 Å². The van der Waals surface area contributed by atoms with E-state index in [1.807, 2.05) is 0 Å². The van der Waals surface area contributed by atoms with E-state index in [2.05, 4.69) is 0 Å². The molecule has 2 bridgehead atoms. The van der Waals surface area contributed by atoms with Gasteiger partial charge in [0.15, 0.2) is 11.4 Å². The number of hydrogen-bond acceptors (Lipinski definition) is 4. The smallest absolute Gasteiger partial charge is 0.274 e. The summed E-state index contributed by atoms with van der Waals surface area (Å²) in [6.07, 6.45) is -0.0716. The minimum Gasteiger partial charge on any atom is -0.503 e. The molecule has 0 aromatic carbocycles. The molecule has 9 heteroatoms. The average molecular weight is 327 g/mol. The fourth-order valence-corrected chi connectivity index (χ4v) is 3.34. The van der Waals surface area contributed by atoms with E-state index in [1.165, 1.54) is 11.8 Å². The maximum atomic E-state index is 14.0. The minimum absolute atomic E-state index is 0.0170. The van der Waals surface area contributed by atoms with Gasteiger partial charge in [-0.2, -0.15) is 0 Å². The zero-order valence-corrected chi connectivity index (χ0v) is 12.3. The van der Waals surface area contributed by atoms with E-state index >= 15 is 0 Å². The van der Waals surface area contributed by atoms with Gasteiger partial charge in [-0.15, -0.1) is 0 Å². The second-order valence-electron chi connectivity index (χ2n) is 6.07. The summed E-state index contributed by atoms with van der Waals surface area (Å²) in [5, 5.41) is 10.0. The van der Waals surface area contributed by atoms with Crippen molar-refractivity contribution in [2.45, 2.75) is 37.8 Å². The zero-order chi connectivity index (χ0) is 17.1. The van der Waals surface area contributed by atoms with Crippen molar-refractivity contribution in [2.24, 2.45) is 5.73 Å². The molecule has 1 aromatic rings. The SMILES string of the molecule is C[C@H]1CC(F)(F)C[C@H]2CN1C(=O)c1c(O)c(=O)c(C(N)=O)cn12. The average Bonchev–Trinajstić information content (AvgIpc) is 2.53. The van der Waals surface area contributed by atoms with Gasteiger partial charge in [0.1, 0.15) is 5.56 Å². The lowest BCUT2D eigenvalue weighted by atomic mass is 10.0. The van der Waals surface area contributed by atoms with Crippen LogP contribution in [0, 0.1) is 0 Å². The molecule has 2 aliphatic rings. The third-order valence-corrected chi connectivity index (χ3v) is 4.40. The van der Waals surface area contributed by atoms with E-state index < -0.39 is 59.4 Å². The number of nitrogens with zero attached hydrogens (tertiary/aromatic N) is 2. The van der Waals surface area contributed by atoms with Crippen LogP contribution in [0.5, 0.6) is 5.75 Å². The maximum absolute atomic E-state index is 14.0. The minimum atomic E-state index is -3.01. The van der Waals surface area contributed by atoms with Gasteiger partial charge in [0.05, 0.1) is 6.04 Å². The van der Waals surface area contributed by atoms with Gasteiger partial charge in [-0.05, 0) is 6.92 Å². The molecule has 2 amide bonds. The van der Waals surface area contributed by atoms with E-state index in [0.717, 1.165) is 10.8 Å². The van der Waals surface area contributed by atoms with Crippen LogP contribution in [-0.2, 0) is 0 Å². The first-order valence-corrected chi connectivity index (χ1v) is 7.09. The van der Waals surface area contributed by atoms with E-state index in [-0.39, 0.29) is 12.2 Å².